The molecule has 7 heteroatoms. The van der Waals surface area contributed by atoms with Gasteiger partial charge in [-0.25, -0.2) is 0 Å². The van der Waals surface area contributed by atoms with Crippen molar-refractivity contribution in [2.45, 2.75) is 44.1 Å². The van der Waals surface area contributed by atoms with Crippen LogP contribution in [0.5, 0.6) is 0 Å². The molecule has 0 aromatic carbocycles. The fourth-order valence-corrected chi connectivity index (χ4v) is 4.76. The van der Waals surface area contributed by atoms with Crippen LogP contribution in [0.4, 0.5) is 0 Å². The summed E-state index contributed by atoms with van der Waals surface area (Å²) in [7, 11) is -4.67. The molecule has 0 unspecified atom stereocenters. The van der Waals surface area contributed by atoms with Gasteiger partial charge in [-0.2, -0.15) is 21.0 Å². The zero-order valence-electron chi connectivity index (χ0n) is 11.0. The molecule has 19 heavy (non-hydrogen) atoms. The summed E-state index contributed by atoms with van der Waals surface area (Å²) in [6, 6.07) is 0. The average Bonchev–Trinajstić information content (AvgIpc) is 2.22. The van der Waals surface area contributed by atoms with E-state index < -0.39 is 10.4 Å². The van der Waals surface area contributed by atoms with Gasteiger partial charge in [0.25, 0.3) is 0 Å². The molecule has 0 saturated heterocycles. The second-order valence-corrected chi connectivity index (χ2v) is 7.64. The van der Waals surface area contributed by atoms with Gasteiger partial charge in [-0.1, -0.05) is 0 Å². The molecule has 0 spiro atoms. The molecule has 4 fully saturated rings. The Balaban J connectivity index is 0.000000232. The van der Waals surface area contributed by atoms with E-state index in [-0.39, 0.29) is 0 Å². The van der Waals surface area contributed by atoms with Gasteiger partial charge in [-0.05, 0) is 56.3 Å². The highest BCUT2D eigenvalue weighted by molar-refractivity contribution is 7.80. The summed E-state index contributed by atoms with van der Waals surface area (Å²) in [4.78, 5) is 0. The number of nitrogens with one attached hydrogen (secondary N) is 1. The van der Waals surface area contributed by atoms with Crippen LogP contribution in [-0.2, 0) is 10.4 Å². The molecule has 0 amide bonds. The van der Waals surface area contributed by atoms with E-state index in [4.69, 9.17) is 17.5 Å². The normalized spacial score (nSPS) is 39.8. The monoisotopic (exact) mass is 309 g/mol. The van der Waals surface area contributed by atoms with Crippen molar-refractivity contribution < 1.29 is 17.5 Å². The van der Waals surface area contributed by atoms with E-state index in [1.54, 1.807) is 19.3 Å². The Bertz CT molecular complexity index is 367. The first-order chi connectivity index (χ1) is 8.80. The van der Waals surface area contributed by atoms with Crippen molar-refractivity contribution >= 4 is 23.0 Å². The molecule has 4 saturated carbocycles. The predicted molar refractivity (Wildman–Crippen MR) is 76.9 cm³/mol. The van der Waals surface area contributed by atoms with Gasteiger partial charge in [0.05, 0.1) is 0 Å². The molecule has 4 rings (SSSR count). The minimum atomic E-state index is -4.67. The third kappa shape index (κ3) is 4.60. The Morgan fingerprint density at radius 2 is 1.42 bits per heavy atom. The number of hydrogen-bond acceptors (Lipinski definition) is 4. The van der Waals surface area contributed by atoms with Crippen LogP contribution in [-0.4, -0.2) is 35.4 Å². The fraction of sp³-hybridized carbons (Fsp3) is 1.00. The molecular weight excluding hydrogens is 286 g/mol. The number of rotatable bonds is 3. The van der Waals surface area contributed by atoms with Crippen molar-refractivity contribution in [2.24, 2.45) is 17.8 Å². The summed E-state index contributed by atoms with van der Waals surface area (Å²) in [6.07, 6.45) is 9.03. The second kappa shape index (κ2) is 5.89. The summed E-state index contributed by atoms with van der Waals surface area (Å²) in [5, 5.41) is 3.80. The molecule has 0 heterocycles. The van der Waals surface area contributed by atoms with E-state index in [1.165, 1.54) is 19.3 Å². The Labute approximate surface area is 120 Å². The first-order valence-corrected chi connectivity index (χ1v) is 8.88. The van der Waals surface area contributed by atoms with Gasteiger partial charge >= 0.3 is 10.4 Å². The molecule has 4 aliphatic carbocycles. The van der Waals surface area contributed by atoms with Crippen molar-refractivity contribution in [3.05, 3.63) is 0 Å². The first kappa shape index (κ1) is 15.6. The summed E-state index contributed by atoms with van der Waals surface area (Å²) in [6.45, 7) is 1.11. The third-order valence-electron chi connectivity index (χ3n) is 4.65. The van der Waals surface area contributed by atoms with Crippen LogP contribution in [0, 0.1) is 17.8 Å². The van der Waals surface area contributed by atoms with Crippen molar-refractivity contribution in [1.82, 2.24) is 5.32 Å². The van der Waals surface area contributed by atoms with Crippen LogP contribution in [0.15, 0.2) is 0 Å². The van der Waals surface area contributed by atoms with Crippen LogP contribution in [0.2, 0.25) is 0 Å². The molecule has 5 nitrogen and oxygen atoms in total. The summed E-state index contributed by atoms with van der Waals surface area (Å²) in [5.74, 6) is 4.18. The topological polar surface area (TPSA) is 86.6 Å². The highest BCUT2D eigenvalue weighted by Crippen LogP contribution is 2.55. The van der Waals surface area contributed by atoms with Crippen LogP contribution in [0.25, 0.3) is 0 Å². The third-order valence-corrected chi connectivity index (χ3v) is 4.87. The molecule has 0 atom stereocenters. The van der Waals surface area contributed by atoms with Gasteiger partial charge in [-0.3, -0.25) is 9.11 Å². The minimum Gasteiger partial charge on any atom is -0.310 e. The van der Waals surface area contributed by atoms with Crippen LogP contribution in [0.1, 0.15) is 38.5 Å². The Hall–Kier alpha value is 0.180. The lowest BCUT2D eigenvalue weighted by Crippen LogP contribution is -2.58. The largest absolute Gasteiger partial charge is 0.394 e. The van der Waals surface area contributed by atoms with Crippen LogP contribution >= 0.6 is 12.6 Å². The Morgan fingerprint density at radius 1 is 1.05 bits per heavy atom. The number of hydrogen-bond donors (Lipinski definition) is 4. The Kier molecular flexibility index (Phi) is 4.83. The minimum absolute atomic E-state index is 0.553. The van der Waals surface area contributed by atoms with E-state index in [2.05, 4.69) is 17.9 Å². The van der Waals surface area contributed by atoms with E-state index in [9.17, 15) is 0 Å². The van der Waals surface area contributed by atoms with E-state index >= 15 is 0 Å². The van der Waals surface area contributed by atoms with Crippen LogP contribution < -0.4 is 5.32 Å². The molecular formula is C12H23NO4S2. The van der Waals surface area contributed by atoms with E-state index in [0.717, 1.165) is 30.1 Å². The standard InChI is InChI=1S/C12H21NS.H2O4S/c14-2-1-13-12-6-9-3-10(7-12)5-11(4-9)8-12;1-5(2,3)4/h9-11,13-14H,1-8H2;(H2,1,2,3,4). The highest BCUT2D eigenvalue weighted by atomic mass is 32.3. The van der Waals surface area contributed by atoms with E-state index in [1.807, 2.05) is 0 Å². The SMILES string of the molecule is O=S(=O)(O)O.SCCNC12CC3CC(CC(C3)C1)C2. The molecule has 4 bridgehead atoms. The van der Waals surface area contributed by atoms with Crippen molar-refractivity contribution in [3.63, 3.8) is 0 Å². The maximum atomic E-state index is 8.74. The van der Waals surface area contributed by atoms with Crippen molar-refractivity contribution in [2.75, 3.05) is 12.3 Å². The maximum Gasteiger partial charge on any atom is 0.394 e. The zero-order valence-corrected chi connectivity index (χ0v) is 12.7. The maximum absolute atomic E-state index is 8.74. The predicted octanol–water partition coefficient (Wildman–Crippen LogP) is 1.82. The van der Waals surface area contributed by atoms with E-state index in [0.29, 0.717) is 5.54 Å². The summed E-state index contributed by atoms with van der Waals surface area (Å²) >= 11 is 4.31. The smallest absolute Gasteiger partial charge is 0.310 e. The molecule has 112 valence electrons. The molecule has 0 aromatic heterocycles. The van der Waals surface area contributed by atoms with Crippen LogP contribution in [0.3, 0.4) is 0 Å². The van der Waals surface area contributed by atoms with Gasteiger partial charge in [0.2, 0.25) is 0 Å². The Morgan fingerprint density at radius 3 is 1.74 bits per heavy atom. The highest BCUT2D eigenvalue weighted by Gasteiger charge is 2.50. The quantitative estimate of drug-likeness (QED) is 0.472. The zero-order chi connectivity index (χ0) is 14.1. The molecule has 0 radical (unpaired) electrons. The molecule has 0 aromatic rings. The summed E-state index contributed by atoms with van der Waals surface area (Å²) in [5.41, 5.74) is 0.553. The molecule has 0 aliphatic heterocycles. The van der Waals surface area contributed by atoms with Crippen molar-refractivity contribution in [3.8, 4) is 0 Å². The number of thiol groups is 1. The molecule has 4 aliphatic rings. The van der Waals surface area contributed by atoms with Gasteiger partial charge in [0.1, 0.15) is 0 Å². The lowest BCUT2D eigenvalue weighted by Gasteiger charge is -2.57. The summed E-state index contributed by atoms with van der Waals surface area (Å²) < 4.78 is 31.6. The lowest BCUT2D eigenvalue weighted by atomic mass is 9.53. The lowest BCUT2D eigenvalue weighted by molar-refractivity contribution is -0.0185. The molecule has 3 N–H and O–H groups in total. The van der Waals surface area contributed by atoms with Gasteiger partial charge in [-0.15, -0.1) is 0 Å². The van der Waals surface area contributed by atoms with Gasteiger partial charge < -0.3 is 5.32 Å². The fourth-order valence-electron chi connectivity index (χ4n) is 4.65. The van der Waals surface area contributed by atoms with Gasteiger partial charge in [0.15, 0.2) is 0 Å². The second-order valence-electron chi connectivity index (χ2n) is 6.30. The average molecular weight is 309 g/mol. The van der Waals surface area contributed by atoms with Crippen molar-refractivity contribution in [1.29, 1.82) is 0 Å². The first-order valence-electron chi connectivity index (χ1n) is 6.85. The van der Waals surface area contributed by atoms with Gasteiger partial charge in [0, 0.05) is 17.8 Å².